The van der Waals surface area contributed by atoms with Gasteiger partial charge in [-0.15, -0.1) is 0 Å². The molecule has 55 heavy (non-hydrogen) atoms. The standard InChI is InChI=1S/C42H72O13/c1-21(2)10-9-14-42(8,51)22-11-16-41(7)29(22)23(45)18-27-39(5)15-13-28(38(3,4)26(39)12-17-40(27,41)6)54-37-35(33(49)31(47)25(20-44)53-37)55-36-34(50)32(48)30(46)24(19-43)52-36/h10,22-37,43-51H,9,11-20H2,1-8H3/t22?,23-,24?,25?,26?,27?,28?,29?,30?,31?,32?,33?,34?,35?,36?,37?,39+,40-,41-,42-/m1/s1. The molecule has 0 radical (unpaired) electrons. The SMILES string of the molecule is CC(C)=CCC[C@@](C)(O)C1CC[C@]2(C)C1[C@H](O)CC1[C@@]3(C)CCC(OC4OC(CO)C(O)C(O)C4OC4OC(CO)C(O)C(O)C4O)C(C)(C)C3CC[C@]12C. The number of hydrogen-bond donors (Lipinski definition) is 9. The van der Waals surface area contributed by atoms with E-state index >= 15 is 0 Å². The lowest BCUT2D eigenvalue weighted by Gasteiger charge is -2.70. The Balaban J connectivity index is 1.23. The zero-order valence-electron chi connectivity index (χ0n) is 34.3. The number of aliphatic hydroxyl groups excluding tert-OH is 8. The van der Waals surface area contributed by atoms with E-state index in [1.54, 1.807) is 0 Å². The van der Waals surface area contributed by atoms with Gasteiger partial charge >= 0.3 is 0 Å². The molecule has 0 aromatic carbocycles. The van der Waals surface area contributed by atoms with Gasteiger partial charge in [0.05, 0.1) is 31.0 Å². The van der Waals surface area contributed by atoms with Crippen LogP contribution in [0, 0.1) is 45.3 Å². The van der Waals surface area contributed by atoms with E-state index in [9.17, 15) is 46.0 Å². The van der Waals surface area contributed by atoms with Crippen LogP contribution in [0.4, 0.5) is 0 Å². The summed E-state index contributed by atoms with van der Waals surface area (Å²) in [5, 5.41) is 97.4. The van der Waals surface area contributed by atoms with Crippen molar-refractivity contribution in [3.05, 3.63) is 11.6 Å². The molecule has 9 N–H and O–H groups in total. The van der Waals surface area contributed by atoms with Crippen molar-refractivity contribution in [2.45, 2.75) is 192 Å². The zero-order chi connectivity index (χ0) is 40.6. The van der Waals surface area contributed by atoms with Crippen LogP contribution in [0.25, 0.3) is 0 Å². The van der Waals surface area contributed by atoms with Crippen LogP contribution in [0.3, 0.4) is 0 Å². The molecule has 2 saturated heterocycles. The predicted octanol–water partition coefficient (Wildman–Crippen LogP) is 2.15. The van der Waals surface area contributed by atoms with Crippen LogP contribution in [-0.4, -0.2) is 138 Å². The first-order valence-electron chi connectivity index (χ1n) is 20.9. The second kappa shape index (κ2) is 15.7. The number of fused-ring (bicyclic) bond motifs is 5. The van der Waals surface area contributed by atoms with Crippen LogP contribution in [0.15, 0.2) is 11.6 Å². The Morgan fingerprint density at radius 2 is 1.33 bits per heavy atom. The highest BCUT2D eigenvalue weighted by Crippen LogP contribution is 2.76. The van der Waals surface area contributed by atoms with E-state index in [2.05, 4.69) is 54.5 Å². The molecule has 6 rings (SSSR count). The molecule has 13 nitrogen and oxygen atoms in total. The fraction of sp³-hybridized carbons (Fsp3) is 0.952. The van der Waals surface area contributed by atoms with Gasteiger partial charge in [0.2, 0.25) is 0 Å². The monoisotopic (exact) mass is 784 g/mol. The first kappa shape index (κ1) is 43.8. The quantitative estimate of drug-likeness (QED) is 0.115. The van der Waals surface area contributed by atoms with Crippen molar-refractivity contribution in [1.82, 2.24) is 0 Å². The molecule has 0 aromatic heterocycles. The summed E-state index contributed by atoms with van der Waals surface area (Å²) in [5.74, 6) is 0.445. The lowest BCUT2D eigenvalue weighted by Crippen LogP contribution is -2.68. The fourth-order valence-corrected chi connectivity index (χ4v) is 13.3. The van der Waals surface area contributed by atoms with Crippen LogP contribution in [0.5, 0.6) is 0 Å². The average Bonchev–Trinajstić information content (AvgIpc) is 3.50. The largest absolute Gasteiger partial charge is 0.394 e. The van der Waals surface area contributed by atoms with E-state index in [0.717, 1.165) is 38.5 Å². The summed E-state index contributed by atoms with van der Waals surface area (Å²) >= 11 is 0. The zero-order valence-corrected chi connectivity index (χ0v) is 34.3. The molecule has 2 aliphatic heterocycles. The van der Waals surface area contributed by atoms with Gasteiger partial charge in [-0.05, 0) is 124 Å². The van der Waals surface area contributed by atoms with Crippen molar-refractivity contribution in [3.63, 3.8) is 0 Å². The second-order valence-corrected chi connectivity index (χ2v) is 20.1. The number of allylic oxidation sites excluding steroid dienone is 2. The second-order valence-electron chi connectivity index (χ2n) is 20.1. The van der Waals surface area contributed by atoms with Gasteiger partial charge in [-0.1, -0.05) is 46.3 Å². The van der Waals surface area contributed by atoms with Gasteiger partial charge in [-0.2, -0.15) is 0 Å². The molecule has 4 aliphatic carbocycles. The summed E-state index contributed by atoms with van der Waals surface area (Å²) in [5.41, 5.74) is -0.405. The first-order chi connectivity index (χ1) is 25.6. The Kier molecular flexibility index (Phi) is 12.5. The molecule has 4 saturated carbocycles. The lowest BCUT2D eigenvalue weighted by molar-refractivity contribution is -0.378. The van der Waals surface area contributed by atoms with Crippen molar-refractivity contribution < 1.29 is 64.9 Å². The molecule has 15 unspecified atom stereocenters. The molecule has 13 heteroatoms. The maximum absolute atomic E-state index is 12.2. The van der Waals surface area contributed by atoms with Gasteiger partial charge in [0.25, 0.3) is 0 Å². The third-order valence-electron chi connectivity index (χ3n) is 16.6. The Labute approximate surface area is 327 Å². The van der Waals surface area contributed by atoms with E-state index in [4.69, 9.17) is 18.9 Å². The Hall–Kier alpha value is -0.780. The molecule has 2 heterocycles. The van der Waals surface area contributed by atoms with Crippen LogP contribution < -0.4 is 0 Å². The third kappa shape index (κ3) is 7.20. The summed E-state index contributed by atoms with van der Waals surface area (Å²) in [6.45, 7) is 16.5. The minimum atomic E-state index is -1.75. The number of rotatable bonds is 10. The van der Waals surface area contributed by atoms with Crippen LogP contribution >= 0.6 is 0 Å². The highest BCUT2D eigenvalue weighted by Gasteiger charge is 2.71. The number of hydrogen-bond acceptors (Lipinski definition) is 13. The summed E-state index contributed by atoms with van der Waals surface area (Å²) < 4.78 is 24.4. The predicted molar refractivity (Wildman–Crippen MR) is 201 cm³/mol. The molecule has 318 valence electrons. The highest BCUT2D eigenvalue weighted by molar-refractivity contribution is 5.20. The molecule has 0 aromatic rings. The van der Waals surface area contributed by atoms with Crippen molar-refractivity contribution in [2.75, 3.05) is 13.2 Å². The Bertz CT molecular complexity index is 1370. The van der Waals surface area contributed by atoms with Gasteiger partial charge < -0.3 is 64.9 Å². The highest BCUT2D eigenvalue weighted by atomic mass is 16.8. The van der Waals surface area contributed by atoms with Crippen molar-refractivity contribution in [3.8, 4) is 0 Å². The maximum atomic E-state index is 12.2. The van der Waals surface area contributed by atoms with Gasteiger partial charge in [-0.25, -0.2) is 0 Å². The summed E-state index contributed by atoms with van der Waals surface area (Å²) in [6.07, 6.45) is -6.48. The molecule has 0 bridgehead atoms. The van der Waals surface area contributed by atoms with Crippen molar-refractivity contribution >= 4 is 0 Å². The molecule has 6 fully saturated rings. The van der Waals surface area contributed by atoms with Crippen LogP contribution in [0.1, 0.15) is 113 Å². The lowest BCUT2D eigenvalue weighted by atomic mass is 9.35. The smallest absolute Gasteiger partial charge is 0.187 e. The minimum absolute atomic E-state index is 0.00798. The van der Waals surface area contributed by atoms with Crippen LogP contribution in [0.2, 0.25) is 0 Å². The number of aliphatic hydroxyl groups is 9. The summed E-state index contributed by atoms with van der Waals surface area (Å²) in [4.78, 5) is 0. The van der Waals surface area contributed by atoms with Gasteiger partial charge in [-0.3, -0.25) is 0 Å². The number of ether oxygens (including phenoxy) is 4. The Morgan fingerprint density at radius 1 is 0.727 bits per heavy atom. The van der Waals surface area contributed by atoms with Gasteiger partial charge in [0.15, 0.2) is 12.6 Å². The van der Waals surface area contributed by atoms with E-state index in [1.165, 1.54) is 5.57 Å². The van der Waals surface area contributed by atoms with Crippen molar-refractivity contribution in [2.24, 2.45) is 45.3 Å². The van der Waals surface area contributed by atoms with E-state index < -0.39 is 97.8 Å². The van der Waals surface area contributed by atoms with Gasteiger partial charge in [0.1, 0.15) is 48.8 Å². The molecule has 0 spiro atoms. The van der Waals surface area contributed by atoms with E-state index in [-0.39, 0.29) is 39.9 Å². The van der Waals surface area contributed by atoms with Crippen molar-refractivity contribution in [1.29, 1.82) is 0 Å². The van der Waals surface area contributed by atoms with Gasteiger partial charge in [0, 0.05) is 0 Å². The molecular formula is C42H72O13. The van der Waals surface area contributed by atoms with E-state index in [1.807, 2.05) is 6.92 Å². The van der Waals surface area contributed by atoms with E-state index in [0.29, 0.717) is 19.3 Å². The third-order valence-corrected chi connectivity index (χ3v) is 16.6. The Morgan fingerprint density at radius 3 is 1.95 bits per heavy atom. The summed E-state index contributed by atoms with van der Waals surface area (Å²) in [6, 6.07) is 0. The molecule has 0 amide bonds. The maximum Gasteiger partial charge on any atom is 0.187 e. The minimum Gasteiger partial charge on any atom is -0.394 e. The molecular weight excluding hydrogens is 712 g/mol. The normalized spacial score (nSPS) is 52.0. The average molecular weight is 785 g/mol. The summed E-state index contributed by atoms with van der Waals surface area (Å²) in [7, 11) is 0. The van der Waals surface area contributed by atoms with Crippen LogP contribution in [-0.2, 0) is 18.9 Å². The molecule has 6 aliphatic rings. The molecule has 20 atom stereocenters. The fourth-order valence-electron chi connectivity index (χ4n) is 13.3. The first-order valence-corrected chi connectivity index (χ1v) is 20.9. The topological polar surface area (TPSA) is 219 Å².